The van der Waals surface area contributed by atoms with E-state index < -0.39 is 0 Å². The Morgan fingerprint density at radius 3 is 2.39 bits per heavy atom. The largest absolute Gasteiger partial charge is 0.393 e. The molecule has 0 amide bonds. The maximum Gasteiger partial charge on any atom is 0.0574 e. The van der Waals surface area contributed by atoms with Crippen LogP contribution in [0.5, 0.6) is 0 Å². The Labute approximate surface area is 112 Å². The highest BCUT2D eigenvalue weighted by Crippen LogP contribution is 2.23. The summed E-state index contributed by atoms with van der Waals surface area (Å²) in [4.78, 5) is 2.38. The average molecular weight is 249 g/mol. The molecule has 0 unspecified atom stereocenters. The summed E-state index contributed by atoms with van der Waals surface area (Å²) in [5.74, 6) is 0. The first-order valence-electron chi connectivity index (χ1n) is 7.23. The van der Waals surface area contributed by atoms with Gasteiger partial charge in [-0.3, -0.25) is 0 Å². The lowest BCUT2D eigenvalue weighted by Gasteiger charge is -2.31. The molecular weight excluding hydrogens is 222 g/mol. The first-order chi connectivity index (χ1) is 8.70. The van der Waals surface area contributed by atoms with E-state index in [1.54, 1.807) is 0 Å². The van der Waals surface area contributed by atoms with Crippen molar-refractivity contribution in [2.45, 2.75) is 53.1 Å². The molecule has 1 fully saturated rings. The molecule has 1 aromatic rings. The van der Waals surface area contributed by atoms with E-state index in [4.69, 9.17) is 0 Å². The third-order valence-corrected chi connectivity index (χ3v) is 3.54. The van der Waals surface area contributed by atoms with E-state index in [0.29, 0.717) is 0 Å². The van der Waals surface area contributed by atoms with E-state index in [9.17, 15) is 5.11 Å². The molecule has 2 rings (SSSR count). The number of rotatable bonds is 2. The zero-order valence-electron chi connectivity index (χ0n) is 12.2. The topological polar surface area (TPSA) is 23.5 Å². The number of aliphatic hydroxyl groups is 1. The minimum Gasteiger partial charge on any atom is -0.393 e. The standard InChI is InChI=1S/C14H21NO.C2H6/c1-3-12-10-13(5-4-11(12)2)15-8-6-14(16)7-9-15;1-2/h4-5,10,14,16H,3,6-9H2,1-2H3;1-2H3. The van der Waals surface area contributed by atoms with Gasteiger partial charge in [0, 0.05) is 18.8 Å². The second-order valence-electron chi connectivity index (χ2n) is 4.68. The van der Waals surface area contributed by atoms with Gasteiger partial charge in [-0.25, -0.2) is 0 Å². The van der Waals surface area contributed by atoms with Crippen LogP contribution in [-0.4, -0.2) is 24.3 Å². The fourth-order valence-corrected chi connectivity index (χ4v) is 2.36. The molecule has 0 aliphatic carbocycles. The number of nitrogens with zero attached hydrogens (tertiary/aromatic N) is 1. The summed E-state index contributed by atoms with van der Waals surface area (Å²) in [6, 6.07) is 6.71. The molecule has 0 radical (unpaired) electrons. The molecule has 102 valence electrons. The number of hydrogen-bond acceptors (Lipinski definition) is 2. The van der Waals surface area contributed by atoms with Crippen molar-refractivity contribution in [3.8, 4) is 0 Å². The van der Waals surface area contributed by atoms with E-state index in [-0.39, 0.29) is 6.10 Å². The van der Waals surface area contributed by atoms with Crippen molar-refractivity contribution in [2.24, 2.45) is 0 Å². The van der Waals surface area contributed by atoms with Gasteiger partial charge in [-0.15, -0.1) is 0 Å². The van der Waals surface area contributed by atoms with Gasteiger partial charge in [-0.2, -0.15) is 0 Å². The van der Waals surface area contributed by atoms with Gasteiger partial charge in [0.15, 0.2) is 0 Å². The fraction of sp³-hybridized carbons (Fsp3) is 0.625. The highest BCUT2D eigenvalue weighted by molar-refractivity contribution is 5.51. The summed E-state index contributed by atoms with van der Waals surface area (Å²) in [6.07, 6.45) is 2.80. The fourth-order valence-electron chi connectivity index (χ4n) is 2.36. The van der Waals surface area contributed by atoms with Crippen LogP contribution in [-0.2, 0) is 6.42 Å². The number of anilines is 1. The molecule has 1 aromatic carbocycles. The number of benzene rings is 1. The second-order valence-corrected chi connectivity index (χ2v) is 4.68. The van der Waals surface area contributed by atoms with Crippen molar-refractivity contribution in [1.29, 1.82) is 0 Å². The van der Waals surface area contributed by atoms with Gasteiger partial charge in [0.25, 0.3) is 0 Å². The molecule has 0 bridgehead atoms. The molecule has 0 atom stereocenters. The molecule has 1 saturated heterocycles. The van der Waals surface area contributed by atoms with Crippen LogP contribution in [0.4, 0.5) is 5.69 Å². The lowest BCUT2D eigenvalue weighted by Crippen LogP contribution is -2.35. The Morgan fingerprint density at radius 1 is 1.22 bits per heavy atom. The van der Waals surface area contributed by atoms with E-state index in [0.717, 1.165) is 32.4 Å². The van der Waals surface area contributed by atoms with Crippen LogP contribution in [0.2, 0.25) is 0 Å². The Morgan fingerprint density at radius 2 is 1.83 bits per heavy atom. The monoisotopic (exact) mass is 249 g/mol. The van der Waals surface area contributed by atoms with Crippen LogP contribution in [0.25, 0.3) is 0 Å². The molecule has 2 nitrogen and oxygen atoms in total. The highest BCUT2D eigenvalue weighted by Gasteiger charge is 2.17. The molecule has 1 N–H and O–H groups in total. The Kier molecular flexibility index (Phi) is 6.20. The highest BCUT2D eigenvalue weighted by atomic mass is 16.3. The Balaban J connectivity index is 0.000000771. The van der Waals surface area contributed by atoms with E-state index in [1.165, 1.54) is 16.8 Å². The maximum absolute atomic E-state index is 9.49. The van der Waals surface area contributed by atoms with Gasteiger partial charge in [0.2, 0.25) is 0 Å². The minimum atomic E-state index is -0.0904. The van der Waals surface area contributed by atoms with Crippen molar-refractivity contribution < 1.29 is 5.11 Å². The Bertz CT molecular complexity index is 354. The van der Waals surface area contributed by atoms with Crippen LogP contribution in [0.1, 0.15) is 44.7 Å². The predicted molar refractivity (Wildman–Crippen MR) is 79.4 cm³/mol. The Hall–Kier alpha value is -1.02. The smallest absolute Gasteiger partial charge is 0.0574 e. The van der Waals surface area contributed by atoms with Crippen molar-refractivity contribution in [1.82, 2.24) is 0 Å². The molecule has 0 aromatic heterocycles. The minimum absolute atomic E-state index is 0.0904. The summed E-state index contributed by atoms with van der Waals surface area (Å²) in [6.45, 7) is 10.3. The molecule has 1 aliphatic rings. The van der Waals surface area contributed by atoms with Crippen molar-refractivity contribution in [3.63, 3.8) is 0 Å². The quantitative estimate of drug-likeness (QED) is 0.866. The summed E-state index contributed by atoms with van der Waals surface area (Å²) in [5, 5.41) is 9.49. The zero-order valence-corrected chi connectivity index (χ0v) is 12.2. The van der Waals surface area contributed by atoms with Crippen molar-refractivity contribution in [2.75, 3.05) is 18.0 Å². The molecule has 1 heterocycles. The lowest BCUT2D eigenvalue weighted by atomic mass is 10.0. The van der Waals surface area contributed by atoms with Crippen LogP contribution in [0, 0.1) is 6.92 Å². The first-order valence-corrected chi connectivity index (χ1v) is 7.23. The normalized spacial score (nSPS) is 16.2. The number of piperidine rings is 1. The number of hydrogen-bond donors (Lipinski definition) is 1. The molecular formula is C16H27NO. The first kappa shape index (κ1) is 15.0. The van der Waals surface area contributed by atoms with E-state index in [1.807, 2.05) is 13.8 Å². The molecule has 1 aliphatic heterocycles. The molecule has 0 spiro atoms. The third kappa shape index (κ3) is 3.74. The molecule has 18 heavy (non-hydrogen) atoms. The zero-order chi connectivity index (χ0) is 13.5. The van der Waals surface area contributed by atoms with Gasteiger partial charge >= 0.3 is 0 Å². The molecule has 0 saturated carbocycles. The summed E-state index contributed by atoms with van der Waals surface area (Å²) >= 11 is 0. The van der Waals surface area contributed by atoms with Crippen LogP contribution >= 0.6 is 0 Å². The number of aryl methyl sites for hydroxylation is 2. The number of aliphatic hydroxyl groups excluding tert-OH is 1. The lowest BCUT2D eigenvalue weighted by molar-refractivity contribution is 0.145. The van der Waals surface area contributed by atoms with E-state index >= 15 is 0 Å². The van der Waals surface area contributed by atoms with Crippen LogP contribution in [0.15, 0.2) is 18.2 Å². The summed E-state index contributed by atoms with van der Waals surface area (Å²) in [5.41, 5.74) is 4.13. The van der Waals surface area contributed by atoms with Crippen molar-refractivity contribution in [3.05, 3.63) is 29.3 Å². The van der Waals surface area contributed by atoms with Gasteiger partial charge in [-0.1, -0.05) is 26.8 Å². The van der Waals surface area contributed by atoms with Gasteiger partial charge in [0.05, 0.1) is 6.10 Å². The maximum atomic E-state index is 9.49. The van der Waals surface area contributed by atoms with Crippen LogP contribution < -0.4 is 4.90 Å². The summed E-state index contributed by atoms with van der Waals surface area (Å²) in [7, 11) is 0. The average Bonchev–Trinajstić information content (AvgIpc) is 2.43. The SMILES string of the molecule is CC.CCc1cc(N2CCC(O)CC2)ccc1C. The predicted octanol–water partition coefficient (Wildman–Crippen LogP) is 3.54. The van der Waals surface area contributed by atoms with E-state index in [2.05, 4.69) is 36.9 Å². The third-order valence-electron chi connectivity index (χ3n) is 3.54. The van der Waals surface area contributed by atoms with Crippen LogP contribution in [0.3, 0.4) is 0 Å². The second kappa shape index (κ2) is 7.42. The van der Waals surface area contributed by atoms with Gasteiger partial charge < -0.3 is 10.0 Å². The summed E-state index contributed by atoms with van der Waals surface area (Å²) < 4.78 is 0. The molecule has 2 heteroatoms. The van der Waals surface area contributed by atoms with Crippen molar-refractivity contribution >= 4 is 5.69 Å². The van der Waals surface area contributed by atoms with Gasteiger partial charge in [-0.05, 0) is 49.4 Å². The van der Waals surface area contributed by atoms with Gasteiger partial charge in [0.1, 0.15) is 0 Å².